The number of ether oxygens (including phenoxy) is 1. The molecule has 10 heteroatoms. The largest absolute Gasteiger partial charge is 0.480 e. The Kier molecular flexibility index (Phi) is 5.98. The molecule has 0 N–H and O–H groups in total. The molecular formula is C22H22FN7O2. The van der Waals surface area contributed by atoms with Gasteiger partial charge in [0.25, 0.3) is 5.91 Å². The summed E-state index contributed by atoms with van der Waals surface area (Å²) in [6.07, 6.45) is 2.14. The topological polar surface area (TPSA) is 100 Å². The standard InChI is InChI=1S/C22H22FN7O2/c1-3-18-16(14-25-30(18)20-7-8-21(32-2)27-26-20)22(31)29-11-9-28(10-12-29)19-6-4-5-17(23)15(19)13-24/h4-8,14H,3,9-12H2,1-2H3. The quantitative estimate of drug-likeness (QED) is 0.606. The SMILES string of the molecule is CCc1c(C(=O)N2CCN(c3cccc(F)c3C#N)CC2)cnn1-c1ccc(OC)nn1. The van der Waals surface area contributed by atoms with Crippen molar-refractivity contribution in [3.05, 3.63) is 59.2 Å². The lowest BCUT2D eigenvalue weighted by Gasteiger charge is -2.36. The lowest BCUT2D eigenvalue weighted by Crippen LogP contribution is -2.49. The van der Waals surface area contributed by atoms with Gasteiger partial charge in [0.05, 0.1) is 30.3 Å². The van der Waals surface area contributed by atoms with Crippen molar-refractivity contribution >= 4 is 11.6 Å². The van der Waals surface area contributed by atoms with Gasteiger partial charge in [0.15, 0.2) is 5.82 Å². The van der Waals surface area contributed by atoms with E-state index < -0.39 is 5.82 Å². The number of rotatable bonds is 5. The van der Waals surface area contributed by atoms with Crippen LogP contribution in [-0.4, -0.2) is 64.1 Å². The second-order valence-corrected chi connectivity index (χ2v) is 7.23. The molecule has 9 nitrogen and oxygen atoms in total. The zero-order valence-electron chi connectivity index (χ0n) is 17.8. The number of carbonyl (C=O) groups excluding carboxylic acids is 1. The molecular weight excluding hydrogens is 413 g/mol. The first kappa shape index (κ1) is 21.2. The first-order valence-corrected chi connectivity index (χ1v) is 10.2. The Labute approximate surface area is 184 Å². The monoisotopic (exact) mass is 435 g/mol. The maximum atomic E-state index is 14.0. The molecule has 2 aromatic heterocycles. The van der Waals surface area contributed by atoms with Gasteiger partial charge in [-0.1, -0.05) is 13.0 Å². The van der Waals surface area contributed by atoms with Crippen molar-refractivity contribution in [1.82, 2.24) is 24.9 Å². The summed E-state index contributed by atoms with van der Waals surface area (Å²) >= 11 is 0. The first-order chi connectivity index (χ1) is 15.6. The number of piperazine rings is 1. The predicted molar refractivity (Wildman–Crippen MR) is 114 cm³/mol. The molecule has 4 rings (SSSR count). The fourth-order valence-corrected chi connectivity index (χ4v) is 3.83. The number of carbonyl (C=O) groups is 1. The Hall–Kier alpha value is -4.00. The highest BCUT2D eigenvalue weighted by Crippen LogP contribution is 2.25. The van der Waals surface area contributed by atoms with Gasteiger partial charge >= 0.3 is 0 Å². The highest BCUT2D eigenvalue weighted by atomic mass is 19.1. The molecule has 32 heavy (non-hydrogen) atoms. The summed E-state index contributed by atoms with van der Waals surface area (Å²) in [6, 6.07) is 9.95. The van der Waals surface area contributed by atoms with Crippen LogP contribution in [0.2, 0.25) is 0 Å². The number of nitriles is 1. The van der Waals surface area contributed by atoms with Crippen LogP contribution in [0.3, 0.4) is 0 Å². The Morgan fingerprint density at radius 2 is 1.97 bits per heavy atom. The van der Waals surface area contributed by atoms with E-state index in [9.17, 15) is 14.4 Å². The van der Waals surface area contributed by atoms with Crippen LogP contribution in [0.5, 0.6) is 5.88 Å². The third kappa shape index (κ3) is 3.85. The van der Waals surface area contributed by atoms with E-state index in [1.54, 1.807) is 40.0 Å². The van der Waals surface area contributed by atoms with Crippen molar-refractivity contribution < 1.29 is 13.9 Å². The molecule has 0 spiro atoms. The van der Waals surface area contributed by atoms with Crippen LogP contribution >= 0.6 is 0 Å². The number of aromatic nitrogens is 4. The molecule has 0 unspecified atom stereocenters. The van der Waals surface area contributed by atoms with Crippen molar-refractivity contribution in [1.29, 1.82) is 5.26 Å². The van der Waals surface area contributed by atoms with E-state index in [-0.39, 0.29) is 11.5 Å². The second kappa shape index (κ2) is 9.01. The molecule has 1 amide bonds. The molecule has 0 bridgehead atoms. The zero-order valence-corrected chi connectivity index (χ0v) is 17.8. The van der Waals surface area contributed by atoms with Crippen molar-refractivity contribution in [2.24, 2.45) is 0 Å². The highest BCUT2D eigenvalue weighted by molar-refractivity contribution is 5.95. The lowest BCUT2D eigenvalue weighted by atomic mass is 10.1. The number of hydrogen-bond donors (Lipinski definition) is 0. The summed E-state index contributed by atoms with van der Waals surface area (Å²) in [5.74, 6) is 0.242. The molecule has 1 aliphatic rings. The smallest absolute Gasteiger partial charge is 0.257 e. The first-order valence-electron chi connectivity index (χ1n) is 10.2. The van der Waals surface area contributed by atoms with Crippen molar-refractivity contribution in [2.75, 3.05) is 38.2 Å². The number of nitrogens with zero attached hydrogens (tertiary/aromatic N) is 7. The molecule has 1 saturated heterocycles. The van der Waals surface area contributed by atoms with Gasteiger partial charge in [-0.2, -0.15) is 10.4 Å². The second-order valence-electron chi connectivity index (χ2n) is 7.23. The minimum absolute atomic E-state index is 0.0300. The summed E-state index contributed by atoms with van der Waals surface area (Å²) in [5, 5.41) is 21.7. The molecule has 1 aromatic carbocycles. The Morgan fingerprint density at radius 1 is 1.19 bits per heavy atom. The predicted octanol–water partition coefficient (Wildman–Crippen LogP) is 2.21. The number of methoxy groups -OCH3 is 1. The fourth-order valence-electron chi connectivity index (χ4n) is 3.83. The Balaban J connectivity index is 1.51. The molecule has 3 heterocycles. The molecule has 3 aromatic rings. The van der Waals surface area contributed by atoms with Gasteiger partial charge in [0, 0.05) is 32.2 Å². The highest BCUT2D eigenvalue weighted by Gasteiger charge is 2.27. The lowest BCUT2D eigenvalue weighted by molar-refractivity contribution is 0.0745. The van der Waals surface area contributed by atoms with E-state index in [1.165, 1.54) is 13.2 Å². The van der Waals surface area contributed by atoms with Crippen molar-refractivity contribution in [3.8, 4) is 17.8 Å². The van der Waals surface area contributed by atoms with Gasteiger partial charge in [-0.15, -0.1) is 10.2 Å². The Morgan fingerprint density at radius 3 is 2.59 bits per heavy atom. The molecule has 0 aliphatic carbocycles. The third-order valence-corrected chi connectivity index (χ3v) is 5.50. The van der Waals surface area contributed by atoms with Crippen molar-refractivity contribution in [2.45, 2.75) is 13.3 Å². The van der Waals surface area contributed by atoms with Gasteiger partial charge in [-0.25, -0.2) is 9.07 Å². The zero-order chi connectivity index (χ0) is 22.7. The molecule has 0 radical (unpaired) electrons. The minimum Gasteiger partial charge on any atom is -0.480 e. The number of hydrogen-bond acceptors (Lipinski definition) is 7. The maximum Gasteiger partial charge on any atom is 0.257 e. The fraction of sp³-hybridized carbons (Fsp3) is 0.318. The van der Waals surface area contributed by atoms with Gasteiger partial charge in [0.1, 0.15) is 17.4 Å². The van der Waals surface area contributed by atoms with E-state index >= 15 is 0 Å². The van der Waals surface area contributed by atoms with E-state index in [0.29, 0.717) is 55.5 Å². The van der Waals surface area contributed by atoms with Crippen molar-refractivity contribution in [3.63, 3.8) is 0 Å². The summed E-state index contributed by atoms with van der Waals surface area (Å²) in [4.78, 5) is 16.9. The molecule has 0 atom stereocenters. The summed E-state index contributed by atoms with van der Waals surface area (Å²) in [5.41, 5.74) is 1.85. The van der Waals surface area contributed by atoms with Crippen LogP contribution < -0.4 is 9.64 Å². The molecule has 164 valence electrons. The third-order valence-electron chi connectivity index (χ3n) is 5.50. The van der Waals surface area contributed by atoms with Crippen LogP contribution in [0.25, 0.3) is 5.82 Å². The normalized spacial score (nSPS) is 13.7. The number of halogens is 1. The average molecular weight is 435 g/mol. The van der Waals surface area contributed by atoms with Gasteiger partial charge in [0.2, 0.25) is 5.88 Å². The van der Waals surface area contributed by atoms with Gasteiger partial charge in [-0.3, -0.25) is 4.79 Å². The Bertz CT molecular complexity index is 1160. The van der Waals surface area contributed by atoms with Crippen LogP contribution in [-0.2, 0) is 6.42 Å². The van der Waals surface area contributed by atoms with Gasteiger partial charge < -0.3 is 14.5 Å². The minimum atomic E-state index is -0.537. The summed E-state index contributed by atoms with van der Waals surface area (Å²) in [7, 11) is 1.51. The van der Waals surface area contributed by atoms with E-state index in [2.05, 4.69) is 15.3 Å². The van der Waals surface area contributed by atoms with Crippen LogP contribution in [0.15, 0.2) is 36.5 Å². The van der Waals surface area contributed by atoms with Crippen LogP contribution in [0, 0.1) is 17.1 Å². The van der Waals surface area contributed by atoms with Crippen LogP contribution in [0.4, 0.5) is 10.1 Å². The van der Waals surface area contributed by atoms with E-state index in [1.807, 2.05) is 17.9 Å². The maximum absolute atomic E-state index is 14.0. The summed E-state index contributed by atoms with van der Waals surface area (Å²) < 4.78 is 20.6. The van der Waals surface area contributed by atoms with E-state index in [0.717, 1.165) is 5.69 Å². The summed E-state index contributed by atoms with van der Waals surface area (Å²) in [6.45, 7) is 3.87. The molecule has 1 fully saturated rings. The average Bonchev–Trinajstić information content (AvgIpc) is 3.27. The number of anilines is 1. The van der Waals surface area contributed by atoms with E-state index in [4.69, 9.17) is 4.74 Å². The number of amides is 1. The molecule has 0 saturated carbocycles. The number of benzene rings is 1. The molecule has 1 aliphatic heterocycles. The van der Waals surface area contributed by atoms with Crippen LogP contribution in [0.1, 0.15) is 28.5 Å². The van der Waals surface area contributed by atoms with Gasteiger partial charge in [-0.05, 0) is 24.6 Å².